The van der Waals surface area contributed by atoms with E-state index in [4.69, 9.17) is 10.3 Å². The molecule has 0 radical (unpaired) electrons. The second kappa shape index (κ2) is 6.51. The minimum atomic E-state index is -0.775. The summed E-state index contributed by atoms with van der Waals surface area (Å²) < 4.78 is 9.46. The van der Waals surface area contributed by atoms with Crippen LogP contribution in [0.25, 0.3) is 10.4 Å². The summed E-state index contributed by atoms with van der Waals surface area (Å²) in [6, 6.07) is -1.22. The summed E-state index contributed by atoms with van der Waals surface area (Å²) in [5.74, 6) is -0.554. The van der Waals surface area contributed by atoms with E-state index in [1.165, 1.54) is 18.1 Å². The Balaban J connectivity index is 2.77. The molecule has 0 aromatic rings. The Labute approximate surface area is 104 Å². The van der Waals surface area contributed by atoms with Crippen molar-refractivity contribution in [3.63, 3.8) is 0 Å². The molecule has 0 bridgehead atoms. The lowest BCUT2D eigenvalue weighted by molar-refractivity contribution is -0.145. The third kappa shape index (κ3) is 3.14. The molecule has 8 nitrogen and oxygen atoms in total. The number of methoxy groups -OCH3 is 1. The number of azide groups is 1. The Morgan fingerprint density at radius 1 is 1.67 bits per heavy atom. The van der Waals surface area contributed by atoms with Crippen molar-refractivity contribution in [2.24, 2.45) is 5.11 Å². The van der Waals surface area contributed by atoms with Crippen LogP contribution in [-0.4, -0.2) is 49.3 Å². The van der Waals surface area contributed by atoms with E-state index in [1.807, 2.05) is 0 Å². The molecule has 1 aliphatic heterocycles. The molecule has 0 aliphatic carbocycles. The van der Waals surface area contributed by atoms with Crippen LogP contribution in [0.3, 0.4) is 0 Å². The highest BCUT2D eigenvalue weighted by Crippen LogP contribution is 2.22. The molecule has 1 aliphatic rings. The van der Waals surface area contributed by atoms with Crippen molar-refractivity contribution in [1.29, 1.82) is 0 Å². The SMILES string of the molecule is C=CCOC(=O)N1CC(N=[N+]=[N-])C[C@H]1C(=O)OC. The van der Waals surface area contributed by atoms with Crippen molar-refractivity contribution in [3.8, 4) is 0 Å². The number of ether oxygens (including phenoxy) is 2. The monoisotopic (exact) mass is 254 g/mol. The Hall–Kier alpha value is -2.21. The first-order valence-corrected chi connectivity index (χ1v) is 5.30. The van der Waals surface area contributed by atoms with Crippen LogP contribution in [0, 0.1) is 0 Å². The van der Waals surface area contributed by atoms with E-state index >= 15 is 0 Å². The Morgan fingerprint density at radius 3 is 2.94 bits per heavy atom. The fourth-order valence-corrected chi connectivity index (χ4v) is 1.74. The van der Waals surface area contributed by atoms with Crippen LogP contribution in [0.5, 0.6) is 0 Å². The second-order valence-corrected chi connectivity index (χ2v) is 3.65. The molecular formula is C10H14N4O4. The lowest BCUT2D eigenvalue weighted by Crippen LogP contribution is -2.41. The maximum Gasteiger partial charge on any atom is 0.410 e. The van der Waals surface area contributed by atoms with E-state index in [0.717, 1.165) is 0 Å². The molecule has 0 spiro atoms. The minimum absolute atomic E-state index is 0.0510. The number of likely N-dealkylation sites (tertiary alicyclic amines) is 1. The Kier molecular flexibility index (Phi) is 5.01. The van der Waals surface area contributed by atoms with Crippen LogP contribution in [0.15, 0.2) is 17.8 Å². The summed E-state index contributed by atoms with van der Waals surface area (Å²) in [7, 11) is 1.23. The van der Waals surface area contributed by atoms with Crippen LogP contribution in [0.1, 0.15) is 6.42 Å². The molecule has 0 saturated carbocycles. The molecule has 1 amide bonds. The highest BCUT2D eigenvalue weighted by molar-refractivity contribution is 5.82. The highest BCUT2D eigenvalue weighted by Gasteiger charge is 2.40. The van der Waals surface area contributed by atoms with E-state index in [2.05, 4.69) is 21.3 Å². The molecule has 1 fully saturated rings. The number of hydrogen-bond donors (Lipinski definition) is 0. The van der Waals surface area contributed by atoms with Gasteiger partial charge in [0.05, 0.1) is 13.2 Å². The number of carbonyl (C=O) groups excluding carboxylic acids is 2. The third-order valence-electron chi connectivity index (χ3n) is 2.53. The molecule has 98 valence electrons. The van der Waals surface area contributed by atoms with Crippen LogP contribution < -0.4 is 0 Å². The number of esters is 1. The number of carbonyl (C=O) groups is 2. The van der Waals surface area contributed by atoms with E-state index in [9.17, 15) is 9.59 Å². The van der Waals surface area contributed by atoms with Gasteiger partial charge in [-0.25, -0.2) is 9.59 Å². The molecule has 1 saturated heterocycles. The molecule has 2 atom stereocenters. The molecule has 1 heterocycles. The van der Waals surface area contributed by atoms with Crippen molar-refractivity contribution >= 4 is 12.1 Å². The minimum Gasteiger partial charge on any atom is -0.467 e. The maximum atomic E-state index is 11.7. The van der Waals surface area contributed by atoms with Crippen molar-refractivity contribution < 1.29 is 19.1 Å². The normalized spacial score (nSPS) is 21.9. The fraction of sp³-hybridized carbons (Fsp3) is 0.600. The number of amides is 1. The first-order chi connectivity index (χ1) is 8.63. The van der Waals surface area contributed by atoms with E-state index in [1.54, 1.807) is 0 Å². The fourth-order valence-electron chi connectivity index (χ4n) is 1.74. The second-order valence-electron chi connectivity index (χ2n) is 3.65. The Morgan fingerprint density at radius 2 is 2.39 bits per heavy atom. The number of nitrogens with zero attached hydrogens (tertiary/aromatic N) is 4. The average molecular weight is 254 g/mol. The summed E-state index contributed by atoms with van der Waals surface area (Å²) in [5, 5.41) is 3.51. The third-order valence-corrected chi connectivity index (χ3v) is 2.53. The van der Waals surface area contributed by atoms with Crippen LogP contribution in [0.2, 0.25) is 0 Å². The zero-order chi connectivity index (χ0) is 13.5. The van der Waals surface area contributed by atoms with E-state index in [-0.39, 0.29) is 19.6 Å². The summed E-state index contributed by atoms with van der Waals surface area (Å²) in [6.07, 6.45) is 1.01. The summed E-state index contributed by atoms with van der Waals surface area (Å²) in [6.45, 7) is 3.61. The number of hydrogen-bond acceptors (Lipinski definition) is 5. The smallest absolute Gasteiger partial charge is 0.410 e. The van der Waals surface area contributed by atoms with Gasteiger partial charge in [-0.05, 0) is 12.0 Å². The van der Waals surface area contributed by atoms with Crippen molar-refractivity contribution in [2.75, 3.05) is 20.3 Å². The first-order valence-electron chi connectivity index (χ1n) is 5.30. The van der Waals surface area contributed by atoms with Gasteiger partial charge in [0.25, 0.3) is 0 Å². The standard InChI is InChI=1S/C10H14N4O4/c1-3-4-18-10(16)14-6-7(12-13-11)5-8(14)9(15)17-2/h3,7-8H,1,4-6H2,2H3/t7?,8-/m0/s1. The summed E-state index contributed by atoms with van der Waals surface area (Å²) >= 11 is 0. The molecule has 18 heavy (non-hydrogen) atoms. The zero-order valence-corrected chi connectivity index (χ0v) is 9.98. The van der Waals surface area contributed by atoms with Gasteiger partial charge < -0.3 is 9.47 Å². The molecule has 8 heteroatoms. The van der Waals surface area contributed by atoms with Gasteiger partial charge in [-0.2, -0.15) is 0 Å². The quantitative estimate of drug-likeness (QED) is 0.247. The molecule has 0 aromatic heterocycles. The van der Waals surface area contributed by atoms with Gasteiger partial charge in [0.15, 0.2) is 0 Å². The van der Waals surface area contributed by atoms with Crippen molar-refractivity contribution in [3.05, 3.63) is 23.1 Å². The van der Waals surface area contributed by atoms with Gasteiger partial charge in [-0.15, -0.1) is 0 Å². The van der Waals surface area contributed by atoms with Crippen molar-refractivity contribution in [1.82, 2.24) is 4.90 Å². The number of rotatable bonds is 4. The van der Waals surface area contributed by atoms with E-state index < -0.39 is 24.1 Å². The maximum absolute atomic E-state index is 11.7. The summed E-state index contributed by atoms with van der Waals surface area (Å²) in [4.78, 5) is 27.1. The van der Waals surface area contributed by atoms with Crippen LogP contribution in [0.4, 0.5) is 4.79 Å². The summed E-state index contributed by atoms with van der Waals surface area (Å²) in [5.41, 5.74) is 8.37. The van der Waals surface area contributed by atoms with Gasteiger partial charge in [0.2, 0.25) is 0 Å². The van der Waals surface area contributed by atoms with Gasteiger partial charge in [0, 0.05) is 11.5 Å². The topological polar surface area (TPSA) is 105 Å². The first kappa shape index (κ1) is 13.9. The molecule has 0 aromatic carbocycles. The predicted molar refractivity (Wildman–Crippen MR) is 61.6 cm³/mol. The van der Waals surface area contributed by atoms with Gasteiger partial charge in [0.1, 0.15) is 12.6 Å². The van der Waals surface area contributed by atoms with Crippen molar-refractivity contribution in [2.45, 2.75) is 18.5 Å². The largest absolute Gasteiger partial charge is 0.467 e. The average Bonchev–Trinajstić information content (AvgIpc) is 2.79. The molecule has 0 N–H and O–H groups in total. The molecule has 1 unspecified atom stereocenters. The highest BCUT2D eigenvalue weighted by atomic mass is 16.6. The lowest BCUT2D eigenvalue weighted by atomic mass is 10.2. The zero-order valence-electron chi connectivity index (χ0n) is 9.98. The Bertz CT molecular complexity index is 391. The van der Waals surface area contributed by atoms with E-state index in [0.29, 0.717) is 0 Å². The van der Waals surface area contributed by atoms with Gasteiger partial charge in [-0.1, -0.05) is 17.8 Å². The predicted octanol–water partition coefficient (Wildman–Crippen LogP) is 1.24. The van der Waals surface area contributed by atoms with Gasteiger partial charge in [-0.3, -0.25) is 4.90 Å². The van der Waals surface area contributed by atoms with Gasteiger partial charge >= 0.3 is 12.1 Å². The molecular weight excluding hydrogens is 240 g/mol. The molecule has 1 rings (SSSR count). The van der Waals surface area contributed by atoms with Crippen LogP contribution in [-0.2, 0) is 14.3 Å². The lowest BCUT2D eigenvalue weighted by Gasteiger charge is -2.21. The van der Waals surface area contributed by atoms with Crippen LogP contribution >= 0.6 is 0 Å².